The number of carbonyl (C=O) groups excluding carboxylic acids is 1. The van der Waals surface area contributed by atoms with Crippen LogP contribution in [0.1, 0.15) is 16.1 Å². The van der Waals surface area contributed by atoms with Crippen molar-refractivity contribution >= 4 is 11.6 Å². The molecular formula is C17H13FN2O2. The monoisotopic (exact) mass is 296 g/mol. The quantitative estimate of drug-likeness (QED) is 0.793. The summed E-state index contributed by atoms with van der Waals surface area (Å²) in [7, 11) is 0. The Labute approximate surface area is 126 Å². The van der Waals surface area contributed by atoms with Crippen LogP contribution in [0.3, 0.4) is 0 Å². The molecule has 3 aromatic rings. The molecular weight excluding hydrogens is 283 g/mol. The molecule has 22 heavy (non-hydrogen) atoms. The molecule has 5 heteroatoms. The molecule has 3 rings (SSSR count). The van der Waals surface area contributed by atoms with Gasteiger partial charge in [-0.05, 0) is 30.7 Å². The number of hydrogen-bond acceptors (Lipinski definition) is 3. The number of rotatable bonds is 3. The van der Waals surface area contributed by atoms with Gasteiger partial charge in [-0.15, -0.1) is 0 Å². The van der Waals surface area contributed by atoms with E-state index in [4.69, 9.17) is 4.52 Å². The number of aryl methyl sites for hydroxylation is 1. The third kappa shape index (κ3) is 2.88. The van der Waals surface area contributed by atoms with E-state index in [1.54, 1.807) is 31.2 Å². The summed E-state index contributed by atoms with van der Waals surface area (Å²) in [5.74, 6) is -0.366. The first kappa shape index (κ1) is 14.0. The van der Waals surface area contributed by atoms with Crippen LogP contribution in [-0.4, -0.2) is 11.1 Å². The molecule has 4 nitrogen and oxygen atoms in total. The van der Waals surface area contributed by atoms with E-state index in [0.29, 0.717) is 22.6 Å². The first-order valence-corrected chi connectivity index (χ1v) is 6.73. The zero-order valence-electron chi connectivity index (χ0n) is 11.8. The predicted octanol–water partition coefficient (Wildman–Crippen LogP) is 4.04. The van der Waals surface area contributed by atoms with Crippen LogP contribution in [0.2, 0.25) is 0 Å². The SMILES string of the molecule is Cc1ccc(-c2cc(C(=O)Nc3ccccc3)no2)cc1F. The van der Waals surface area contributed by atoms with Gasteiger partial charge in [0, 0.05) is 17.3 Å². The lowest BCUT2D eigenvalue weighted by Crippen LogP contribution is -2.11. The van der Waals surface area contributed by atoms with Gasteiger partial charge in [0.15, 0.2) is 11.5 Å². The number of halogens is 1. The molecule has 110 valence electrons. The van der Waals surface area contributed by atoms with Crippen molar-refractivity contribution in [3.63, 3.8) is 0 Å². The largest absolute Gasteiger partial charge is 0.355 e. The van der Waals surface area contributed by atoms with Gasteiger partial charge in [-0.2, -0.15) is 0 Å². The van der Waals surface area contributed by atoms with Gasteiger partial charge in [-0.1, -0.05) is 35.5 Å². The van der Waals surface area contributed by atoms with E-state index in [1.165, 1.54) is 12.1 Å². The molecule has 1 aromatic heterocycles. The number of para-hydroxylation sites is 1. The van der Waals surface area contributed by atoms with Crippen molar-refractivity contribution in [1.82, 2.24) is 5.16 Å². The maximum Gasteiger partial charge on any atom is 0.277 e. The van der Waals surface area contributed by atoms with Gasteiger partial charge in [0.1, 0.15) is 5.82 Å². The maximum absolute atomic E-state index is 13.6. The highest BCUT2D eigenvalue weighted by Gasteiger charge is 2.14. The van der Waals surface area contributed by atoms with E-state index < -0.39 is 0 Å². The Balaban J connectivity index is 1.81. The molecule has 1 amide bonds. The molecule has 1 N–H and O–H groups in total. The third-order valence-corrected chi connectivity index (χ3v) is 3.23. The van der Waals surface area contributed by atoms with E-state index in [1.807, 2.05) is 18.2 Å². The van der Waals surface area contributed by atoms with E-state index >= 15 is 0 Å². The first-order chi connectivity index (χ1) is 10.6. The van der Waals surface area contributed by atoms with Crippen molar-refractivity contribution < 1.29 is 13.7 Å². The molecule has 0 aliphatic rings. The van der Waals surface area contributed by atoms with Crippen molar-refractivity contribution in [2.45, 2.75) is 6.92 Å². The van der Waals surface area contributed by atoms with Crippen LogP contribution < -0.4 is 5.32 Å². The lowest BCUT2D eigenvalue weighted by atomic mass is 10.1. The Bertz CT molecular complexity index is 813. The van der Waals surface area contributed by atoms with Crippen LogP contribution in [0, 0.1) is 12.7 Å². The van der Waals surface area contributed by atoms with E-state index in [9.17, 15) is 9.18 Å². The molecule has 2 aromatic carbocycles. The second kappa shape index (κ2) is 5.81. The minimum absolute atomic E-state index is 0.139. The Morgan fingerprint density at radius 3 is 2.64 bits per heavy atom. The van der Waals surface area contributed by atoms with Gasteiger partial charge >= 0.3 is 0 Å². The van der Waals surface area contributed by atoms with Crippen LogP contribution in [-0.2, 0) is 0 Å². The van der Waals surface area contributed by atoms with Crippen molar-refractivity contribution in [2.24, 2.45) is 0 Å². The number of benzene rings is 2. The summed E-state index contributed by atoms with van der Waals surface area (Å²) in [5.41, 5.74) is 1.89. The zero-order valence-corrected chi connectivity index (χ0v) is 11.8. The Morgan fingerprint density at radius 2 is 1.91 bits per heavy atom. The minimum atomic E-state index is -0.381. The van der Waals surface area contributed by atoms with Crippen LogP contribution in [0.4, 0.5) is 10.1 Å². The van der Waals surface area contributed by atoms with Crippen LogP contribution in [0.25, 0.3) is 11.3 Å². The number of aromatic nitrogens is 1. The highest BCUT2D eigenvalue weighted by molar-refractivity contribution is 6.03. The normalized spacial score (nSPS) is 10.5. The fourth-order valence-electron chi connectivity index (χ4n) is 1.98. The zero-order chi connectivity index (χ0) is 15.5. The summed E-state index contributed by atoms with van der Waals surface area (Å²) in [6.07, 6.45) is 0. The van der Waals surface area contributed by atoms with Crippen LogP contribution in [0.15, 0.2) is 59.1 Å². The molecule has 1 heterocycles. The van der Waals surface area contributed by atoms with Crippen molar-refractivity contribution in [3.05, 3.63) is 71.7 Å². The highest BCUT2D eigenvalue weighted by Crippen LogP contribution is 2.23. The fraction of sp³-hybridized carbons (Fsp3) is 0.0588. The molecule has 0 fully saturated rings. The molecule has 0 aliphatic carbocycles. The van der Waals surface area contributed by atoms with Gasteiger partial charge in [-0.25, -0.2) is 4.39 Å². The molecule has 0 atom stereocenters. The number of nitrogens with one attached hydrogen (secondary N) is 1. The molecule has 0 spiro atoms. The van der Waals surface area contributed by atoms with Gasteiger partial charge in [-0.3, -0.25) is 4.79 Å². The van der Waals surface area contributed by atoms with E-state index in [0.717, 1.165) is 0 Å². The maximum atomic E-state index is 13.6. The highest BCUT2D eigenvalue weighted by atomic mass is 19.1. The lowest BCUT2D eigenvalue weighted by Gasteiger charge is -2.01. The van der Waals surface area contributed by atoms with E-state index in [2.05, 4.69) is 10.5 Å². The summed E-state index contributed by atoms with van der Waals surface area (Å²) >= 11 is 0. The second-order valence-corrected chi connectivity index (χ2v) is 4.86. The van der Waals surface area contributed by atoms with Crippen LogP contribution >= 0.6 is 0 Å². The van der Waals surface area contributed by atoms with Crippen molar-refractivity contribution in [1.29, 1.82) is 0 Å². The van der Waals surface area contributed by atoms with Crippen LogP contribution in [0.5, 0.6) is 0 Å². The lowest BCUT2D eigenvalue weighted by molar-refractivity contribution is 0.101. The molecule has 0 bridgehead atoms. The average Bonchev–Trinajstić information content (AvgIpc) is 3.01. The summed E-state index contributed by atoms with van der Waals surface area (Å²) in [4.78, 5) is 12.1. The fourth-order valence-corrected chi connectivity index (χ4v) is 1.98. The third-order valence-electron chi connectivity index (χ3n) is 3.23. The number of carbonyl (C=O) groups is 1. The number of nitrogens with zero attached hydrogens (tertiary/aromatic N) is 1. The molecule has 0 unspecified atom stereocenters. The molecule has 0 aliphatic heterocycles. The Hall–Kier alpha value is -2.95. The van der Waals surface area contributed by atoms with Gasteiger partial charge in [0.2, 0.25) is 0 Å². The minimum Gasteiger partial charge on any atom is -0.355 e. The van der Waals surface area contributed by atoms with E-state index in [-0.39, 0.29) is 17.4 Å². The number of amides is 1. The summed E-state index contributed by atoms with van der Waals surface area (Å²) in [6, 6.07) is 15.3. The topological polar surface area (TPSA) is 55.1 Å². The first-order valence-electron chi connectivity index (χ1n) is 6.73. The Morgan fingerprint density at radius 1 is 1.14 bits per heavy atom. The second-order valence-electron chi connectivity index (χ2n) is 4.86. The van der Waals surface area contributed by atoms with Gasteiger partial charge in [0.25, 0.3) is 5.91 Å². The van der Waals surface area contributed by atoms with Gasteiger partial charge < -0.3 is 9.84 Å². The number of hydrogen-bond donors (Lipinski definition) is 1. The molecule has 0 saturated heterocycles. The van der Waals surface area contributed by atoms with Crippen molar-refractivity contribution in [2.75, 3.05) is 5.32 Å². The van der Waals surface area contributed by atoms with Crippen molar-refractivity contribution in [3.8, 4) is 11.3 Å². The smallest absolute Gasteiger partial charge is 0.277 e. The average molecular weight is 296 g/mol. The summed E-state index contributed by atoms with van der Waals surface area (Å²) in [6.45, 7) is 1.68. The standard InChI is InChI=1S/C17H13FN2O2/c1-11-7-8-12(9-14(11)18)16-10-15(20-22-16)17(21)19-13-5-3-2-4-6-13/h2-10H,1H3,(H,19,21). The van der Waals surface area contributed by atoms with Gasteiger partial charge in [0.05, 0.1) is 0 Å². The Kier molecular flexibility index (Phi) is 3.70. The molecule has 0 radical (unpaired) electrons. The number of anilines is 1. The predicted molar refractivity (Wildman–Crippen MR) is 81.0 cm³/mol. The summed E-state index contributed by atoms with van der Waals surface area (Å²) < 4.78 is 18.7. The summed E-state index contributed by atoms with van der Waals surface area (Å²) in [5, 5.41) is 6.44. The molecule has 0 saturated carbocycles.